The number of anilines is 1. The topological polar surface area (TPSA) is 75.0 Å². The van der Waals surface area contributed by atoms with Crippen molar-refractivity contribution in [1.82, 2.24) is 15.1 Å². The van der Waals surface area contributed by atoms with Crippen LogP contribution < -0.4 is 5.73 Å². The van der Waals surface area contributed by atoms with Crippen LogP contribution in [-0.2, 0) is 13.1 Å². The summed E-state index contributed by atoms with van der Waals surface area (Å²) in [4.78, 5) is 16.7. The molecule has 0 aliphatic carbocycles. The summed E-state index contributed by atoms with van der Waals surface area (Å²) in [5.74, 6) is 0.228. The van der Waals surface area contributed by atoms with Gasteiger partial charge in [-0.05, 0) is 22.9 Å². The van der Waals surface area contributed by atoms with Gasteiger partial charge in [0, 0.05) is 15.8 Å². The number of hydrogen-bond donors (Lipinski definition) is 2. The molecule has 0 saturated carbocycles. The Hall–Kier alpha value is -2.12. The van der Waals surface area contributed by atoms with Crippen LogP contribution in [0.1, 0.15) is 20.2 Å². The van der Waals surface area contributed by atoms with Crippen molar-refractivity contribution in [3.8, 4) is 0 Å². The van der Waals surface area contributed by atoms with Crippen LogP contribution >= 0.6 is 22.7 Å². The Kier molecular flexibility index (Phi) is 4.03. The summed E-state index contributed by atoms with van der Waals surface area (Å²) in [7, 11) is 0. The molecule has 0 saturated heterocycles. The number of amides is 1. The predicted molar refractivity (Wildman–Crippen MR) is 85.2 cm³/mol. The molecule has 3 aromatic rings. The molecule has 0 spiro atoms. The monoisotopic (exact) mass is 318 g/mol. The molecule has 21 heavy (non-hydrogen) atoms. The average molecular weight is 318 g/mol. The number of aromatic nitrogens is 2. The third kappa shape index (κ3) is 3.32. The molecule has 5 nitrogen and oxygen atoms in total. The van der Waals surface area contributed by atoms with Gasteiger partial charge in [0.2, 0.25) is 0 Å². The minimum absolute atomic E-state index is 0.0963. The Labute approximate surface area is 130 Å². The van der Waals surface area contributed by atoms with Crippen molar-refractivity contribution in [2.45, 2.75) is 13.1 Å². The van der Waals surface area contributed by atoms with Crippen molar-refractivity contribution in [3.63, 3.8) is 0 Å². The van der Waals surface area contributed by atoms with E-state index in [4.69, 9.17) is 5.73 Å². The van der Waals surface area contributed by atoms with Gasteiger partial charge in [-0.2, -0.15) is 5.10 Å². The Balaban J connectivity index is 1.82. The smallest absolute Gasteiger partial charge is 0.272 e. The fraction of sp³-hybridized carbons (Fsp3) is 0.143. The average Bonchev–Trinajstić information content (AvgIpc) is 3.19. The number of aromatic amines is 1. The normalized spacial score (nSPS) is 10.7. The first kappa shape index (κ1) is 13.8. The summed E-state index contributed by atoms with van der Waals surface area (Å²) in [5.41, 5.74) is 6.00. The molecule has 3 N–H and O–H groups in total. The number of carbonyl (C=O) groups is 1. The molecule has 3 rings (SSSR count). The molecule has 0 fully saturated rings. The third-order valence-electron chi connectivity index (χ3n) is 2.97. The fourth-order valence-corrected chi connectivity index (χ4v) is 3.44. The van der Waals surface area contributed by atoms with Gasteiger partial charge in [-0.3, -0.25) is 9.89 Å². The first-order chi connectivity index (χ1) is 10.2. The maximum absolute atomic E-state index is 12.6. The first-order valence-electron chi connectivity index (χ1n) is 6.37. The summed E-state index contributed by atoms with van der Waals surface area (Å²) >= 11 is 3.28. The lowest BCUT2D eigenvalue weighted by molar-refractivity contribution is 0.0727. The highest BCUT2D eigenvalue weighted by molar-refractivity contribution is 7.10. The van der Waals surface area contributed by atoms with Crippen LogP contribution in [0, 0.1) is 0 Å². The fourth-order valence-electron chi connectivity index (χ4n) is 2.00. The highest BCUT2D eigenvalue weighted by Crippen LogP contribution is 2.19. The van der Waals surface area contributed by atoms with Gasteiger partial charge in [-0.1, -0.05) is 12.1 Å². The van der Waals surface area contributed by atoms with Crippen molar-refractivity contribution in [1.29, 1.82) is 0 Å². The van der Waals surface area contributed by atoms with E-state index < -0.39 is 0 Å². The molecule has 0 aliphatic heterocycles. The molecule has 0 radical (unpaired) electrons. The lowest BCUT2D eigenvalue weighted by Crippen LogP contribution is -2.29. The number of nitrogens with zero attached hydrogens (tertiary/aromatic N) is 2. The minimum atomic E-state index is -0.0963. The van der Waals surface area contributed by atoms with E-state index in [9.17, 15) is 4.79 Å². The zero-order valence-corrected chi connectivity index (χ0v) is 12.8. The molecule has 108 valence electrons. The Morgan fingerprint density at radius 2 is 1.81 bits per heavy atom. The number of nitrogens with one attached hydrogen (secondary N) is 1. The summed E-state index contributed by atoms with van der Waals surface area (Å²) in [6, 6.07) is 9.60. The molecule has 0 unspecified atom stereocenters. The van der Waals surface area contributed by atoms with Crippen LogP contribution in [0.2, 0.25) is 0 Å². The van der Waals surface area contributed by atoms with Crippen LogP contribution in [0.5, 0.6) is 0 Å². The number of nitrogens with two attached hydrogens (primary N) is 1. The maximum Gasteiger partial charge on any atom is 0.272 e. The van der Waals surface area contributed by atoms with Crippen LogP contribution in [0.4, 0.5) is 5.82 Å². The van der Waals surface area contributed by atoms with Gasteiger partial charge in [-0.15, -0.1) is 22.7 Å². The highest BCUT2D eigenvalue weighted by atomic mass is 32.1. The van der Waals surface area contributed by atoms with Crippen molar-refractivity contribution in [3.05, 3.63) is 56.5 Å². The number of H-pyrrole nitrogens is 1. The zero-order valence-electron chi connectivity index (χ0n) is 11.2. The summed E-state index contributed by atoms with van der Waals surface area (Å²) in [6.45, 7) is 1.15. The van der Waals surface area contributed by atoms with Gasteiger partial charge in [-0.25, -0.2) is 0 Å². The maximum atomic E-state index is 12.6. The Bertz CT molecular complexity index is 667. The molecule has 0 atom stereocenters. The number of carbonyl (C=O) groups excluding carboxylic acids is 1. The predicted octanol–water partition coefficient (Wildman–Crippen LogP) is 2.96. The van der Waals surface area contributed by atoms with Crippen molar-refractivity contribution >= 4 is 34.4 Å². The van der Waals surface area contributed by atoms with Crippen LogP contribution in [0.3, 0.4) is 0 Å². The van der Waals surface area contributed by atoms with E-state index in [1.165, 1.54) is 0 Å². The summed E-state index contributed by atoms with van der Waals surface area (Å²) in [5, 5.41) is 10.5. The first-order valence-corrected chi connectivity index (χ1v) is 8.13. The number of nitrogen functional groups attached to an aromatic ring is 1. The van der Waals surface area contributed by atoms with E-state index >= 15 is 0 Å². The molecule has 3 heterocycles. The molecule has 0 aliphatic rings. The van der Waals surface area contributed by atoms with Crippen molar-refractivity contribution < 1.29 is 4.79 Å². The molecular weight excluding hydrogens is 304 g/mol. The van der Waals surface area contributed by atoms with Crippen LogP contribution in [-0.4, -0.2) is 21.0 Å². The minimum Gasteiger partial charge on any atom is -0.382 e. The standard InChI is InChI=1S/C14H14N4OS2/c15-13-7-12(16-17-13)14(19)18(8-10-3-1-5-20-10)9-11-4-2-6-21-11/h1-7H,8-9H2,(H3,15,16,17). The van der Waals surface area contributed by atoms with Gasteiger partial charge >= 0.3 is 0 Å². The van der Waals surface area contributed by atoms with Gasteiger partial charge in [0.15, 0.2) is 0 Å². The molecule has 0 bridgehead atoms. The molecule has 3 aromatic heterocycles. The SMILES string of the molecule is Nc1cc(C(=O)N(Cc2cccs2)Cc2cccs2)[nH]n1. The zero-order chi connectivity index (χ0) is 14.7. The van der Waals surface area contributed by atoms with Gasteiger partial charge in [0.1, 0.15) is 11.5 Å². The summed E-state index contributed by atoms with van der Waals surface area (Å²) in [6.07, 6.45) is 0. The molecule has 1 amide bonds. The number of thiophene rings is 2. The quantitative estimate of drug-likeness (QED) is 0.759. The molecular formula is C14H14N4OS2. The van der Waals surface area contributed by atoms with Gasteiger partial charge in [0.05, 0.1) is 13.1 Å². The number of rotatable bonds is 5. The van der Waals surface area contributed by atoms with E-state index in [0.717, 1.165) is 9.75 Å². The van der Waals surface area contributed by atoms with E-state index in [1.54, 1.807) is 33.6 Å². The second-order valence-electron chi connectivity index (χ2n) is 4.53. The molecule has 0 aromatic carbocycles. The number of hydrogen-bond acceptors (Lipinski definition) is 5. The Morgan fingerprint density at radius 3 is 2.24 bits per heavy atom. The molecule has 7 heteroatoms. The lowest BCUT2D eigenvalue weighted by Gasteiger charge is -2.20. The summed E-state index contributed by atoms with van der Waals surface area (Å²) < 4.78 is 0. The van der Waals surface area contributed by atoms with E-state index in [0.29, 0.717) is 24.6 Å². The van der Waals surface area contributed by atoms with E-state index in [2.05, 4.69) is 10.2 Å². The van der Waals surface area contributed by atoms with Crippen LogP contribution in [0.15, 0.2) is 41.1 Å². The van der Waals surface area contributed by atoms with Crippen molar-refractivity contribution in [2.24, 2.45) is 0 Å². The highest BCUT2D eigenvalue weighted by Gasteiger charge is 2.19. The van der Waals surface area contributed by atoms with Crippen molar-refractivity contribution in [2.75, 3.05) is 5.73 Å². The van der Waals surface area contributed by atoms with E-state index in [1.807, 2.05) is 35.0 Å². The third-order valence-corrected chi connectivity index (χ3v) is 4.69. The van der Waals surface area contributed by atoms with Crippen LogP contribution in [0.25, 0.3) is 0 Å². The van der Waals surface area contributed by atoms with Gasteiger partial charge in [0.25, 0.3) is 5.91 Å². The second kappa shape index (κ2) is 6.11. The largest absolute Gasteiger partial charge is 0.382 e. The van der Waals surface area contributed by atoms with E-state index in [-0.39, 0.29) is 5.91 Å². The second-order valence-corrected chi connectivity index (χ2v) is 6.59. The van der Waals surface area contributed by atoms with Gasteiger partial charge < -0.3 is 10.6 Å². The Morgan fingerprint density at radius 1 is 1.19 bits per heavy atom. The lowest BCUT2D eigenvalue weighted by atomic mass is 10.3.